The number of aromatic nitrogens is 2. The Morgan fingerprint density at radius 2 is 2.00 bits per heavy atom. The molecule has 0 aliphatic carbocycles. The Balaban J connectivity index is 1.72. The summed E-state index contributed by atoms with van der Waals surface area (Å²) in [5.41, 5.74) is 3.16. The molecule has 1 atom stereocenters. The first kappa shape index (κ1) is 13.6. The van der Waals surface area contributed by atoms with Gasteiger partial charge in [0.15, 0.2) is 0 Å². The van der Waals surface area contributed by atoms with E-state index in [0.717, 1.165) is 29.2 Å². The summed E-state index contributed by atoms with van der Waals surface area (Å²) in [5.74, 6) is 0.910. The van der Waals surface area contributed by atoms with Gasteiger partial charge >= 0.3 is 0 Å². The van der Waals surface area contributed by atoms with Crippen LogP contribution in [0.2, 0.25) is 0 Å². The number of ether oxygens (including phenoxy) is 1. The van der Waals surface area contributed by atoms with Crippen molar-refractivity contribution >= 4 is 5.65 Å². The molecule has 0 fully saturated rings. The average Bonchev–Trinajstić information content (AvgIpc) is 2.95. The van der Waals surface area contributed by atoms with E-state index in [1.807, 2.05) is 47.0 Å². The van der Waals surface area contributed by atoms with Crippen LogP contribution in [0.25, 0.3) is 5.65 Å². The van der Waals surface area contributed by atoms with E-state index in [4.69, 9.17) is 4.74 Å². The lowest BCUT2D eigenvalue weighted by atomic mass is 10.1. The maximum Gasteiger partial charge on any atom is 0.137 e. The molecular formula is C17H19N3O. The molecule has 0 unspecified atom stereocenters. The van der Waals surface area contributed by atoms with Crippen molar-refractivity contribution in [2.45, 2.75) is 19.5 Å². The molecule has 0 amide bonds. The number of pyridine rings is 1. The van der Waals surface area contributed by atoms with Crippen LogP contribution in [0.5, 0.6) is 5.75 Å². The van der Waals surface area contributed by atoms with Crippen molar-refractivity contribution in [1.29, 1.82) is 0 Å². The molecule has 0 radical (unpaired) electrons. The zero-order chi connectivity index (χ0) is 14.7. The fourth-order valence-corrected chi connectivity index (χ4v) is 2.46. The maximum atomic E-state index is 5.41. The molecule has 0 aliphatic rings. The number of rotatable bonds is 5. The molecule has 0 saturated heterocycles. The Morgan fingerprint density at radius 3 is 2.81 bits per heavy atom. The minimum atomic E-state index is 0.200. The maximum absolute atomic E-state index is 5.41. The van der Waals surface area contributed by atoms with Crippen LogP contribution in [0, 0.1) is 0 Å². The van der Waals surface area contributed by atoms with E-state index >= 15 is 0 Å². The third-order valence-corrected chi connectivity index (χ3v) is 3.61. The van der Waals surface area contributed by atoms with Crippen molar-refractivity contribution in [1.82, 2.24) is 14.7 Å². The van der Waals surface area contributed by atoms with Gasteiger partial charge in [0.25, 0.3) is 0 Å². The highest BCUT2D eigenvalue weighted by Gasteiger charge is 2.11. The van der Waals surface area contributed by atoms with Gasteiger partial charge in [-0.25, -0.2) is 4.98 Å². The van der Waals surface area contributed by atoms with Gasteiger partial charge in [0, 0.05) is 30.5 Å². The summed E-state index contributed by atoms with van der Waals surface area (Å²) in [6.07, 6.45) is 4.06. The second-order valence-corrected chi connectivity index (χ2v) is 5.04. The number of hydrogen-bond donors (Lipinski definition) is 1. The molecule has 3 rings (SSSR count). The number of nitrogens with zero attached hydrogens (tertiary/aromatic N) is 2. The summed E-state index contributed by atoms with van der Waals surface area (Å²) in [6, 6.07) is 14.3. The van der Waals surface area contributed by atoms with Crippen LogP contribution in [0.1, 0.15) is 24.2 Å². The molecular weight excluding hydrogens is 262 g/mol. The van der Waals surface area contributed by atoms with E-state index in [0.29, 0.717) is 0 Å². The van der Waals surface area contributed by atoms with Gasteiger partial charge in [-0.1, -0.05) is 24.3 Å². The topological polar surface area (TPSA) is 38.6 Å². The van der Waals surface area contributed by atoms with Crippen LogP contribution in [0.3, 0.4) is 0 Å². The Bertz CT molecular complexity index is 702. The van der Waals surface area contributed by atoms with Gasteiger partial charge in [0.05, 0.1) is 12.8 Å². The lowest BCUT2D eigenvalue weighted by molar-refractivity contribution is 0.401. The van der Waals surface area contributed by atoms with Crippen molar-refractivity contribution in [3.05, 3.63) is 66.1 Å². The van der Waals surface area contributed by atoms with E-state index < -0.39 is 0 Å². The Hall–Kier alpha value is -2.33. The molecule has 21 heavy (non-hydrogen) atoms. The number of para-hydroxylation sites is 1. The molecule has 0 saturated carbocycles. The van der Waals surface area contributed by atoms with E-state index in [2.05, 4.69) is 29.5 Å². The highest BCUT2D eigenvalue weighted by Crippen LogP contribution is 2.24. The van der Waals surface area contributed by atoms with Gasteiger partial charge in [-0.3, -0.25) is 0 Å². The van der Waals surface area contributed by atoms with Gasteiger partial charge in [-0.05, 0) is 25.1 Å². The fourth-order valence-electron chi connectivity index (χ4n) is 2.46. The standard InChI is InChI=1S/C17H19N3O/c1-13(15-7-3-4-8-16(15)21-2)18-11-14-12-20-10-6-5-9-17(20)19-14/h3-10,12-13,18H,11H2,1-2H3/t13-/m1/s1. The molecule has 1 aromatic carbocycles. The quantitative estimate of drug-likeness (QED) is 0.780. The second-order valence-electron chi connectivity index (χ2n) is 5.04. The summed E-state index contributed by atoms with van der Waals surface area (Å²) in [5, 5.41) is 3.50. The van der Waals surface area contributed by atoms with Crippen molar-refractivity contribution in [2.75, 3.05) is 7.11 Å². The molecule has 1 N–H and O–H groups in total. The monoisotopic (exact) mass is 281 g/mol. The molecule has 108 valence electrons. The van der Waals surface area contributed by atoms with E-state index in [9.17, 15) is 0 Å². The second kappa shape index (κ2) is 5.97. The van der Waals surface area contributed by atoms with Crippen molar-refractivity contribution in [2.24, 2.45) is 0 Å². The number of fused-ring (bicyclic) bond motifs is 1. The summed E-state index contributed by atoms with van der Waals surface area (Å²) in [4.78, 5) is 4.59. The van der Waals surface area contributed by atoms with Crippen LogP contribution in [-0.4, -0.2) is 16.5 Å². The highest BCUT2D eigenvalue weighted by atomic mass is 16.5. The molecule has 0 bridgehead atoms. The summed E-state index contributed by atoms with van der Waals surface area (Å²) in [6.45, 7) is 2.86. The Kier molecular flexibility index (Phi) is 3.88. The third kappa shape index (κ3) is 2.90. The molecule has 2 heterocycles. The summed E-state index contributed by atoms with van der Waals surface area (Å²) >= 11 is 0. The molecule has 4 heteroatoms. The normalized spacial score (nSPS) is 12.5. The van der Waals surface area contributed by atoms with Gasteiger partial charge < -0.3 is 14.5 Å². The first-order valence-corrected chi connectivity index (χ1v) is 7.07. The number of hydrogen-bond acceptors (Lipinski definition) is 3. The van der Waals surface area contributed by atoms with Crippen LogP contribution in [0.4, 0.5) is 0 Å². The van der Waals surface area contributed by atoms with Gasteiger partial charge in [0.2, 0.25) is 0 Å². The average molecular weight is 281 g/mol. The highest BCUT2D eigenvalue weighted by molar-refractivity contribution is 5.39. The van der Waals surface area contributed by atoms with E-state index in [1.54, 1.807) is 7.11 Å². The summed E-state index contributed by atoms with van der Waals surface area (Å²) < 4.78 is 7.44. The number of nitrogens with one attached hydrogen (secondary N) is 1. The zero-order valence-corrected chi connectivity index (χ0v) is 12.3. The summed E-state index contributed by atoms with van der Waals surface area (Å²) in [7, 11) is 1.70. The number of imidazole rings is 1. The predicted octanol–water partition coefficient (Wildman–Crippen LogP) is 3.19. The number of benzene rings is 1. The van der Waals surface area contributed by atoms with Crippen molar-refractivity contribution in [3.63, 3.8) is 0 Å². The Labute approximate surface area is 124 Å². The minimum absolute atomic E-state index is 0.200. The molecule has 0 spiro atoms. The molecule has 2 aromatic heterocycles. The largest absolute Gasteiger partial charge is 0.496 e. The van der Waals surface area contributed by atoms with Crippen LogP contribution < -0.4 is 10.1 Å². The number of methoxy groups -OCH3 is 1. The van der Waals surface area contributed by atoms with E-state index in [1.165, 1.54) is 0 Å². The first-order valence-electron chi connectivity index (χ1n) is 7.07. The third-order valence-electron chi connectivity index (χ3n) is 3.61. The van der Waals surface area contributed by atoms with Crippen LogP contribution in [0.15, 0.2) is 54.9 Å². The first-order chi connectivity index (χ1) is 10.3. The molecule has 4 nitrogen and oxygen atoms in total. The SMILES string of the molecule is COc1ccccc1[C@@H](C)NCc1cn2ccccc2n1. The van der Waals surface area contributed by atoms with Gasteiger partial charge in [-0.2, -0.15) is 0 Å². The van der Waals surface area contributed by atoms with Crippen LogP contribution in [-0.2, 0) is 6.54 Å². The van der Waals surface area contributed by atoms with Crippen LogP contribution >= 0.6 is 0 Å². The lowest BCUT2D eigenvalue weighted by Gasteiger charge is -2.16. The predicted molar refractivity (Wildman–Crippen MR) is 83.4 cm³/mol. The van der Waals surface area contributed by atoms with E-state index in [-0.39, 0.29) is 6.04 Å². The Morgan fingerprint density at radius 1 is 1.19 bits per heavy atom. The lowest BCUT2D eigenvalue weighted by Crippen LogP contribution is -2.18. The molecule has 3 aromatic rings. The minimum Gasteiger partial charge on any atom is -0.496 e. The van der Waals surface area contributed by atoms with Crippen molar-refractivity contribution in [3.8, 4) is 5.75 Å². The fraction of sp³-hybridized carbons (Fsp3) is 0.235. The smallest absolute Gasteiger partial charge is 0.137 e. The zero-order valence-electron chi connectivity index (χ0n) is 12.3. The van der Waals surface area contributed by atoms with Gasteiger partial charge in [-0.15, -0.1) is 0 Å². The molecule has 0 aliphatic heterocycles. The van der Waals surface area contributed by atoms with Gasteiger partial charge in [0.1, 0.15) is 11.4 Å². The van der Waals surface area contributed by atoms with Crippen molar-refractivity contribution < 1.29 is 4.74 Å².